The van der Waals surface area contributed by atoms with Crippen LogP contribution in [0, 0.1) is 22.7 Å². The Labute approximate surface area is 136 Å². The van der Waals surface area contributed by atoms with E-state index in [-0.39, 0.29) is 29.1 Å². The van der Waals surface area contributed by atoms with Crippen molar-refractivity contribution in [1.29, 1.82) is 0 Å². The summed E-state index contributed by atoms with van der Waals surface area (Å²) in [5.74, 6) is -0.0340. The van der Waals surface area contributed by atoms with Crippen molar-refractivity contribution >= 4 is 11.8 Å². The topological polar surface area (TPSA) is 37.4 Å². The van der Waals surface area contributed by atoms with E-state index in [2.05, 4.69) is 25.7 Å². The highest BCUT2D eigenvalue weighted by Gasteiger charge is 2.73. The fourth-order valence-electron chi connectivity index (χ4n) is 5.11. The molecule has 3 nitrogen and oxygen atoms in total. The molecule has 2 bridgehead atoms. The van der Waals surface area contributed by atoms with Gasteiger partial charge in [0.1, 0.15) is 0 Å². The summed E-state index contributed by atoms with van der Waals surface area (Å²) in [7, 11) is 0. The molecular formula is C20H21NO2. The fourth-order valence-corrected chi connectivity index (χ4v) is 5.11. The van der Waals surface area contributed by atoms with Gasteiger partial charge in [-0.25, -0.2) is 0 Å². The second kappa shape index (κ2) is 4.67. The van der Waals surface area contributed by atoms with E-state index in [4.69, 9.17) is 0 Å². The molecule has 1 saturated carbocycles. The SMILES string of the molecule is C=CCC12C(=O)N(Cc3ccccc3)C(=O)C1C1C=CC2(C)C1. The molecule has 1 heterocycles. The van der Waals surface area contributed by atoms with E-state index < -0.39 is 5.41 Å². The zero-order chi connectivity index (χ0) is 16.2. The normalized spacial score (nSPS) is 37.5. The van der Waals surface area contributed by atoms with Crippen molar-refractivity contribution in [1.82, 2.24) is 4.90 Å². The molecule has 1 saturated heterocycles. The Bertz CT molecular complexity index is 722. The lowest BCUT2D eigenvalue weighted by Gasteiger charge is -2.39. The summed E-state index contributed by atoms with van der Waals surface area (Å²) in [6.07, 6.45) is 7.59. The number of nitrogens with zero attached hydrogens (tertiary/aromatic N) is 1. The third-order valence-electron chi connectivity index (χ3n) is 6.16. The predicted molar refractivity (Wildman–Crippen MR) is 88.1 cm³/mol. The number of hydrogen-bond donors (Lipinski definition) is 0. The molecule has 23 heavy (non-hydrogen) atoms. The summed E-state index contributed by atoms with van der Waals surface area (Å²) < 4.78 is 0. The highest BCUT2D eigenvalue weighted by atomic mass is 16.2. The smallest absolute Gasteiger partial charge is 0.237 e. The molecule has 1 aromatic rings. The molecule has 0 aromatic heterocycles. The van der Waals surface area contributed by atoms with Crippen molar-refractivity contribution in [3.05, 3.63) is 60.7 Å². The number of likely N-dealkylation sites (tertiary alicyclic amines) is 1. The molecule has 1 aromatic carbocycles. The number of fused-ring (bicyclic) bond motifs is 5. The summed E-state index contributed by atoms with van der Waals surface area (Å²) in [6.45, 7) is 6.36. The standard InChI is InChI=1S/C20H21NO2/c1-3-10-20-16(15-9-11-19(20,2)12-15)17(22)21(18(20)23)13-14-7-5-4-6-8-14/h3-9,11,15-16H,1,10,12-13H2,2H3. The van der Waals surface area contributed by atoms with E-state index in [1.54, 1.807) is 0 Å². The van der Waals surface area contributed by atoms with Crippen LogP contribution >= 0.6 is 0 Å². The Hall–Kier alpha value is -2.16. The Balaban J connectivity index is 1.76. The number of amides is 2. The maximum Gasteiger partial charge on any atom is 0.237 e. The molecule has 2 aliphatic carbocycles. The number of imide groups is 1. The molecule has 4 unspecified atom stereocenters. The van der Waals surface area contributed by atoms with Gasteiger partial charge in [-0.2, -0.15) is 0 Å². The van der Waals surface area contributed by atoms with Crippen LogP contribution in [0.3, 0.4) is 0 Å². The van der Waals surface area contributed by atoms with Crippen LogP contribution in [-0.4, -0.2) is 16.7 Å². The number of hydrogen-bond acceptors (Lipinski definition) is 2. The summed E-state index contributed by atoms with van der Waals surface area (Å²) >= 11 is 0. The van der Waals surface area contributed by atoms with Crippen LogP contribution in [0.15, 0.2) is 55.1 Å². The van der Waals surface area contributed by atoms with Gasteiger partial charge in [0.15, 0.2) is 0 Å². The Morgan fingerprint density at radius 2 is 2.04 bits per heavy atom. The van der Waals surface area contributed by atoms with Gasteiger partial charge in [-0.1, -0.05) is 55.5 Å². The molecule has 1 aliphatic heterocycles. The quantitative estimate of drug-likeness (QED) is 0.632. The van der Waals surface area contributed by atoms with Gasteiger partial charge in [-0.05, 0) is 24.3 Å². The Morgan fingerprint density at radius 1 is 1.30 bits per heavy atom. The second-order valence-electron chi connectivity index (χ2n) is 7.30. The first-order valence-electron chi connectivity index (χ1n) is 8.23. The summed E-state index contributed by atoms with van der Waals surface area (Å²) in [6, 6.07) is 9.74. The molecule has 0 spiro atoms. The van der Waals surface area contributed by atoms with E-state index in [0.29, 0.717) is 13.0 Å². The zero-order valence-electron chi connectivity index (χ0n) is 13.4. The first-order chi connectivity index (χ1) is 11.0. The molecule has 3 aliphatic rings. The van der Waals surface area contributed by atoms with Gasteiger partial charge in [0.25, 0.3) is 0 Å². The van der Waals surface area contributed by atoms with Crippen LogP contribution in [0.5, 0.6) is 0 Å². The molecule has 4 rings (SSSR count). The third kappa shape index (κ3) is 1.65. The van der Waals surface area contributed by atoms with E-state index >= 15 is 0 Å². The lowest BCUT2D eigenvalue weighted by atomic mass is 9.60. The van der Waals surface area contributed by atoms with Crippen LogP contribution in [0.2, 0.25) is 0 Å². The lowest BCUT2D eigenvalue weighted by Crippen LogP contribution is -2.45. The maximum absolute atomic E-state index is 13.3. The number of allylic oxidation sites excluding steroid dienone is 3. The predicted octanol–water partition coefficient (Wildman–Crippen LogP) is 3.33. The highest BCUT2D eigenvalue weighted by Crippen LogP contribution is 2.68. The molecule has 0 radical (unpaired) electrons. The van der Waals surface area contributed by atoms with Crippen LogP contribution in [-0.2, 0) is 16.1 Å². The Morgan fingerprint density at radius 3 is 2.74 bits per heavy atom. The second-order valence-corrected chi connectivity index (χ2v) is 7.30. The van der Waals surface area contributed by atoms with Gasteiger partial charge in [0.05, 0.1) is 17.9 Å². The van der Waals surface area contributed by atoms with Crippen molar-refractivity contribution in [3.63, 3.8) is 0 Å². The molecular weight excluding hydrogens is 286 g/mol. The van der Waals surface area contributed by atoms with Crippen LogP contribution in [0.1, 0.15) is 25.3 Å². The lowest BCUT2D eigenvalue weighted by molar-refractivity contribution is -0.144. The number of benzene rings is 1. The van der Waals surface area contributed by atoms with Crippen molar-refractivity contribution in [2.75, 3.05) is 0 Å². The molecule has 2 amide bonds. The first kappa shape index (κ1) is 14.4. The minimum atomic E-state index is -0.625. The molecule has 0 N–H and O–H groups in total. The molecule has 3 heteroatoms. The van der Waals surface area contributed by atoms with Crippen molar-refractivity contribution in [2.45, 2.75) is 26.3 Å². The van der Waals surface area contributed by atoms with Crippen LogP contribution in [0.4, 0.5) is 0 Å². The number of carbonyl (C=O) groups excluding carboxylic acids is 2. The van der Waals surface area contributed by atoms with E-state index in [1.165, 1.54) is 4.90 Å². The largest absolute Gasteiger partial charge is 0.277 e. The van der Waals surface area contributed by atoms with E-state index in [9.17, 15) is 9.59 Å². The highest BCUT2D eigenvalue weighted by molar-refractivity contribution is 6.09. The average Bonchev–Trinajstić information content (AvgIpc) is 3.11. The summed E-state index contributed by atoms with van der Waals surface area (Å²) in [5, 5.41) is 0. The first-order valence-corrected chi connectivity index (χ1v) is 8.23. The van der Waals surface area contributed by atoms with Crippen molar-refractivity contribution < 1.29 is 9.59 Å². The van der Waals surface area contributed by atoms with Gasteiger partial charge in [-0.15, -0.1) is 6.58 Å². The molecule has 118 valence electrons. The molecule has 4 atom stereocenters. The van der Waals surface area contributed by atoms with Gasteiger partial charge in [0.2, 0.25) is 11.8 Å². The fraction of sp³-hybridized carbons (Fsp3) is 0.400. The third-order valence-corrected chi connectivity index (χ3v) is 6.16. The van der Waals surface area contributed by atoms with Gasteiger partial charge in [-0.3, -0.25) is 14.5 Å². The van der Waals surface area contributed by atoms with Crippen LogP contribution < -0.4 is 0 Å². The van der Waals surface area contributed by atoms with Crippen LogP contribution in [0.25, 0.3) is 0 Å². The maximum atomic E-state index is 13.3. The minimum Gasteiger partial charge on any atom is -0.277 e. The summed E-state index contributed by atoms with van der Waals surface area (Å²) in [4.78, 5) is 27.9. The van der Waals surface area contributed by atoms with Gasteiger partial charge >= 0.3 is 0 Å². The van der Waals surface area contributed by atoms with Crippen molar-refractivity contribution in [3.8, 4) is 0 Å². The monoisotopic (exact) mass is 307 g/mol. The van der Waals surface area contributed by atoms with E-state index in [1.807, 2.05) is 36.4 Å². The van der Waals surface area contributed by atoms with E-state index in [0.717, 1.165) is 12.0 Å². The van der Waals surface area contributed by atoms with Gasteiger partial charge in [0, 0.05) is 5.41 Å². The number of rotatable bonds is 4. The van der Waals surface area contributed by atoms with Crippen molar-refractivity contribution in [2.24, 2.45) is 22.7 Å². The minimum absolute atomic E-state index is 0.00113. The number of carbonyl (C=O) groups is 2. The van der Waals surface area contributed by atoms with Gasteiger partial charge < -0.3 is 0 Å². The summed E-state index contributed by atoms with van der Waals surface area (Å²) in [5.41, 5.74) is 0.141. The average molecular weight is 307 g/mol. The Kier molecular flexibility index (Phi) is 2.93. The molecule has 2 fully saturated rings. The zero-order valence-corrected chi connectivity index (χ0v) is 13.4.